The van der Waals surface area contributed by atoms with Gasteiger partial charge in [-0.1, -0.05) is 86.5 Å². The minimum atomic E-state index is 0.156. The molecule has 2 saturated carbocycles. The lowest BCUT2D eigenvalue weighted by molar-refractivity contribution is 0.434. The van der Waals surface area contributed by atoms with Gasteiger partial charge >= 0.3 is 0 Å². The van der Waals surface area contributed by atoms with Crippen LogP contribution in [0.2, 0.25) is 15.7 Å². The van der Waals surface area contributed by atoms with Gasteiger partial charge in [0.1, 0.15) is 5.15 Å². The molecule has 0 radical (unpaired) electrons. The first-order chi connectivity index (χ1) is 20.9. The van der Waals surface area contributed by atoms with E-state index in [-0.39, 0.29) is 10.6 Å². The number of rotatable bonds is 5. The third kappa shape index (κ3) is 11.2. The smallest absolute Gasteiger partial charge is 0.224 e. The van der Waals surface area contributed by atoms with Gasteiger partial charge in [0.2, 0.25) is 10.6 Å². The van der Waals surface area contributed by atoms with Crippen LogP contribution in [0.5, 0.6) is 0 Å². The molecule has 0 spiro atoms. The lowest BCUT2D eigenvalue weighted by atomic mass is 9.93. The average molecular weight is 770 g/mol. The number of para-hydroxylation sites is 2. The maximum atomic E-state index is 6.02. The maximum absolute atomic E-state index is 6.02. The Morgan fingerprint density at radius 1 is 0.651 bits per heavy atom. The van der Waals surface area contributed by atoms with Gasteiger partial charge in [0.25, 0.3) is 0 Å². The zero-order chi connectivity index (χ0) is 30.4. The van der Waals surface area contributed by atoms with E-state index in [9.17, 15) is 0 Å². The summed E-state index contributed by atoms with van der Waals surface area (Å²) in [5, 5.41) is 4.35. The molecular formula is C32H35Br2Cl3N6. The summed E-state index contributed by atoms with van der Waals surface area (Å²) in [5.74, 6) is 0.855. The fourth-order valence-electron chi connectivity index (χ4n) is 5.28. The summed E-state index contributed by atoms with van der Waals surface area (Å²) < 4.78 is 1.52. The quantitative estimate of drug-likeness (QED) is 0.161. The Kier molecular flexibility index (Phi) is 14.3. The number of benzene rings is 2. The molecule has 0 bridgehead atoms. The topological polar surface area (TPSA) is 66.8 Å². The van der Waals surface area contributed by atoms with E-state index in [1.165, 1.54) is 76.1 Å². The van der Waals surface area contributed by atoms with Crippen molar-refractivity contribution in [1.29, 1.82) is 0 Å². The fraction of sp³-hybridized carbons (Fsp3) is 0.375. The number of anilines is 3. The fourth-order valence-corrected chi connectivity index (χ4v) is 6.29. The van der Waals surface area contributed by atoms with Gasteiger partial charge in [-0.25, -0.2) is 15.0 Å². The Morgan fingerprint density at radius 3 is 1.77 bits per heavy atom. The lowest BCUT2D eigenvalue weighted by Gasteiger charge is -2.35. The van der Waals surface area contributed by atoms with Crippen LogP contribution in [-0.4, -0.2) is 32.0 Å². The van der Waals surface area contributed by atoms with E-state index < -0.39 is 0 Å². The molecule has 6 nitrogen and oxygen atoms in total. The first kappa shape index (κ1) is 33.9. The van der Waals surface area contributed by atoms with Crippen molar-refractivity contribution in [2.24, 2.45) is 0 Å². The summed E-state index contributed by atoms with van der Waals surface area (Å²) in [7, 11) is 0. The summed E-state index contributed by atoms with van der Waals surface area (Å²) in [6.45, 7) is 0. The van der Waals surface area contributed by atoms with Crippen molar-refractivity contribution in [1.82, 2.24) is 19.9 Å². The molecule has 11 heteroatoms. The Labute approximate surface area is 286 Å². The Balaban J connectivity index is 0.000000163. The standard InChI is InChI=1S/C16H17BrClN3.C12H17N.C4HBrCl2N2/c17-14-11-19-16(18)20-15(14)21(12-7-3-1-4-8-12)13-9-5-2-6-10-13;1-3-7-11(8-4-1)13-12-9-5-2-6-10-12;5-2-1-8-4(7)9-3(2)6/h1,3-4,7-8,11,13H,2,5-6,9-10H2;1,3-4,7-8,12-13H,2,5-6,9-10H2;1H. The molecule has 0 unspecified atom stereocenters. The molecule has 0 aliphatic heterocycles. The van der Waals surface area contributed by atoms with Crippen LogP contribution in [-0.2, 0) is 0 Å². The van der Waals surface area contributed by atoms with Crippen molar-refractivity contribution in [2.45, 2.75) is 76.3 Å². The Morgan fingerprint density at radius 2 is 1.19 bits per heavy atom. The van der Waals surface area contributed by atoms with Crippen LogP contribution in [0.1, 0.15) is 64.2 Å². The second-order valence-electron chi connectivity index (χ2n) is 10.4. The van der Waals surface area contributed by atoms with Gasteiger partial charge in [0.05, 0.1) is 8.95 Å². The number of halogens is 5. The number of hydrogen-bond acceptors (Lipinski definition) is 6. The number of aromatic nitrogens is 4. The highest BCUT2D eigenvalue weighted by atomic mass is 79.9. The van der Waals surface area contributed by atoms with Crippen LogP contribution in [0.25, 0.3) is 0 Å². The van der Waals surface area contributed by atoms with Crippen LogP contribution >= 0.6 is 66.7 Å². The number of hydrogen-bond donors (Lipinski definition) is 1. The molecule has 43 heavy (non-hydrogen) atoms. The van der Waals surface area contributed by atoms with Gasteiger partial charge in [-0.3, -0.25) is 0 Å². The highest BCUT2D eigenvalue weighted by molar-refractivity contribution is 9.11. The lowest BCUT2D eigenvalue weighted by Crippen LogP contribution is -2.33. The summed E-state index contributed by atoms with van der Waals surface area (Å²) in [6.07, 6.45) is 16.3. The third-order valence-electron chi connectivity index (χ3n) is 7.32. The zero-order valence-electron chi connectivity index (χ0n) is 23.8. The van der Waals surface area contributed by atoms with Gasteiger partial charge in [0, 0.05) is 35.9 Å². The van der Waals surface area contributed by atoms with E-state index in [1.54, 1.807) is 6.20 Å². The van der Waals surface area contributed by atoms with Crippen molar-refractivity contribution < 1.29 is 0 Å². The molecule has 1 N–H and O–H groups in total. The van der Waals surface area contributed by atoms with Crippen LogP contribution in [0.3, 0.4) is 0 Å². The van der Waals surface area contributed by atoms with Gasteiger partial charge in [-0.2, -0.15) is 4.98 Å². The molecular weight excluding hydrogens is 735 g/mol. The Hall–Kier alpha value is -1.97. The predicted molar refractivity (Wildman–Crippen MR) is 187 cm³/mol. The minimum Gasteiger partial charge on any atom is -0.382 e. The predicted octanol–water partition coefficient (Wildman–Crippen LogP) is 11.3. The maximum Gasteiger partial charge on any atom is 0.224 e. The molecule has 228 valence electrons. The first-order valence-electron chi connectivity index (χ1n) is 14.6. The van der Waals surface area contributed by atoms with Crippen LogP contribution < -0.4 is 10.2 Å². The molecule has 2 aromatic carbocycles. The zero-order valence-corrected chi connectivity index (χ0v) is 29.2. The van der Waals surface area contributed by atoms with Crippen LogP contribution in [0, 0.1) is 0 Å². The monoisotopic (exact) mass is 766 g/mol. The van der Waals surface area contributed by atoms with E-state index >= 15 is 0 Å². The van der Waals surface area contributed by atoms with Crippen molar-refractivity contribution in [3.05, 3.63) is 97.7 Å². The van der Waals surface area contributed by atoms with Crippen LogP contribution in [0.15, 0.2) is 82.0 Å². The molecule has 2 aliphatic carbocycles. The summed E-state index contributed by atoms with van der Waals surface area (Å²) >= 11 is 23.6. The van der Waals surface area contributed by atoms with Gasteiger partial charge in [-0.05, 0) is 105 Å². The van der Waals surface area contributed by atoms with E-state index in [4.69, 9.17) is 34.8 Å². The van der Waals surface area contributed by atoms with Crippen molar-refractivity contribution in [3.63, 3.8) is 0 Å². The third-order valence-corrected chi connectivity index (χ3v) is 9.34. The van der Waals surface area contributed by atoms with Crippen molar-refractivity contribution in [3.8, 4) is 0 Å². The van der Waals surface area contributed by atoms with Crippen LogP contribution in [0.4, 0.5) is 17.2 Å². The second-order valence-corrected chi connectivity index (χ2v) is 13.2. The molecule has 2 heterocycles. The van der Waals surface area contributed by atoms with Gasteiger partial charge in [0.15, 0.2) is 5.82 Å². The van der Waals surface area contributed by atoms with E-state index in [2.05, 4.69) is 117 Å². The van der Waals surface area contributed by atoms with Gasteiger partial charge in [-0.15, -0.1) is 0 Å². The van der Waals surface area contributed by atoms with E-state index in [1.807, 2.05) is 6.07 Å². The molecule has 0 atom stereocenters. The molecule has 4 aromatic rings. The molecule has 0 saturated heterocycles. The van der Waals surface area contributed by atoms with Crippen molar-refractivity contribution in [2.75, 3.05) is 10.2 Å². The van der Waals surface area contributed by atoms with Crippen molar-refractivity contribution >= 4 is 83.9 Å². The first-order valence-corrected chi connectivity index (χ1v) is 17.3. The number of nitrogens with zero attached hydrogens (tertiary/aromatic N) is 5. The Bertz CT molecular complexity index is 1390. The SMILES string of the molecule is Clc1ncc(Br)c(Cl)n1.Clc1ncc(Br)c(N(c2ccccc2)C2CCCCC2)n1.c1ccc(NC2CCCCC2)cc1. The summed E-state index contributed by atoms with van der Waals surface area (Å²) in [5.41, 5.74) is 2.43. The largest absolute Gasteiger partial charge is 0.382 e. The molecule has 2 fully saturated rings. The van der Waals surface area contributed by atoms with Gasteiger partial charge < -0.3 is 10.2 Å². The number of nitrogens with one attached hydrogen (secondary N) is 1. The average Bonchev–Trinajstić information content (AvgIpc) is 3.04. The normalized spacial score (nSPS) is 15.4. The highest BCUT2D eigenvalue weighted by Crippen LogP contribution is 2.37. The molecule has 0 amide bonds. The molecule has 6 rings (SSSR count). The second kappa shape index (κ2) is 18.1. The molecule has 2 aromatic heterocycles. The summed E-state index contributed by atoms with van der Waals surface area (Å²) in [4.78, 5) is 18.1. The molecule has 2 aliphatic rings. The minimum absolute atomic E-state index is 0.156. The summed E-state index contributed by atoms with van der Waals surface area (Å²) in [6, 6.07) is 22.1. The van der Waals surface area contributed by atoms with E-state index in [0.29, 0.717) is 15.7 Å². The highest BCUT2D eigenvalue weighted by Gasteiger charge is 2.25. The van der Waals surface area contributed by atoms with E-state index in [0.717, 1.165) is 22.0 Å².